The normalized spacial score (nSPS) is 41.8. The average Bonchev–Trinajstić information content (AvgIpc) is 3.31. The molecule has 8 nitrogen and oxygen atoms in total. The Kier molecular flexibility index (Phi) is 3.72. The zero-order valence-electron chi connectivity index (χ0n) is 16.7. The number of hydrogen-bond donors (Lipinski definition) is 3. The van der Waals surface area contributed by atoms with Gasteiger partial charge in [-0.2, -0.15) is 0 Å². The Hall–Kier alpha value is -2.87. The van der Waals surface area contributed by atoms with Crippen molar-refractivity contribution in [1.82, 2.24) is 0 Å². The zero-order chi connectivity index (χ0) is 21.5. The number of nitrogens with zero attached hydrogens (tertiary/aromatic N) is 1. The van der Waals surface area contributed by atoms with Gasteiger partial charge in [-0.15, -0.1) is 0 Å². The van der Waals surface area contributed by atoms with Crippen LogP contribution in [0.1, 0.15) is 38.7 Å². The van der Waals surface area contributed by atoms with Gasteiger partial charge in [0.05, 0.1) is 11.6 Å². The number of phenols is 2. The highest BCUT2D eigenvalue weighted by Gasteiger charge is 2.73. The van der Waals surface area contributed by atoms with E-state index in [1.54, 1.807) is 6.92 Å². The number of benzene rings is 1. The largest absolute Gasteiger partial charge is 0.508 e. The third-order valence-electron chi connectivity index (χ3n) is 7.65. The summed E-state index contributed by atoms with van der Waals surface area (Å²) >= 11 is 0. The number of esters is 1. The van der Waals surface area contributed by atoms with E-state index in [0.29, 0.717) is 24.1 Å². The fourth-order valence-electron chi connectivity index (χ4n) is 5.70. The molecule has 1 saturated heterocycles. The Morgan fingerprint density at radius 1 is 1.20 bits per heavy atom. The molecule has 1 spiro atoms. The molecular weight excluding hydrogens is 390 g/mol. The maximum absolute atomic E-state index is 13.1. The monoisotopic (exact) mass is 413 g/mol. The highest BCUT2D eigenvalue weighted by molar-refractivity contribution is 6.07. The Morgan fingerprint density at radius 3 is 2.70 bits per heavy atom. The van der Waals surface area contributed by atoms with Gasteiger partial charge >= 0.3 is 5.97 Å². The summed E-state index contributed by atoms with van der Waals surface area (Å²) in [5.74, 6) is -1.86. The van der Waals surface area contributed by atoms with E-state index in [-0.39, 0.29) is 29.6 Å². The van der Waals surface area contributed by atoms with Crippen LogP contribution in [-0.2, 0) is 19.2 Å². The predicted molar refractivity (Wildman–Crippen MR) is 104 cm³/mol. The van der Waals surface area contributed by atoms with Gasteiger partial charge in [-0.25, -0.2) is 4.79 Å². The summed E-state index contributed by atoms with van der Waals surface area (Å²) < 4.78 is 5.76. The molecule has 2 aliphatic carbocycles. The minimum absolute atomic E-state index is 0.0653. The summed E-state index contributed by atoms with van der Waals surface area (Å²) in [6, 6.07) is 4.11. The first kappa shape index (κ1) is 19.1. The van der Waals surface area contributed by atoms with Crippen molar-refractivity contribution in [2.75, 3.05) is 0 Å². The molecule has 2 aliphatic heterocycles. The van der Waals surface area contributed by atoms with Crippen LogP contribution in [0.5, 0.6) is 11.5 Å². The highest BCUT2D eigenvalue weighted by atomic mass is 16.7. The zero-order valence-corrected chi connectivity index (χ0v) is 16.7. The number of hydrogen-bond acceptors (Lipinski definition) is 8. The number of aromatic hydroxyl groups is 2. The molecular formula is C22H23NO7. The minimum atomic E-state index is -1.42. The highest BCUT2D eigenvalue weighted by Crippen LogP contribution is 2.59. The van der Waals surface area contributed by atoms with Crippen LogP contribution >= 0.6 is 0 Å². The van der Waals surface area contributed by atoms with Crippen molar-refractivity contribution in [2.45, 2.75) is 50.4 Å². The van der Waals surface area contributed by atoms with Crippen LogP contribution in [0.3, 0.4) is 0 Å². The number of aliphatic hydroxyl groups is 1. The van der Waals surface area contributed by atoms with E-state index in [2.05, 4.69) is 5.16 Å². The van der Waals surface area contributed by atoms with Crippen molar-refractivity contribution in [3.8, 4) is 11.5 Å². The van der Waals surface area contributed by atoms with Crippen molar-refractivity contribution in [3.05, 3.63) is 35.9 Å². The molecule has 0 bridgehead atoms. The number of phenolic OH excluding ortho intramolecular Hbond substituents is 2. The van der Waals surface area contributed by atoms with Gasteiger partial charge in [-0.1, -0.05) is 12.1 Å². The Labute approximate surface area is 172 Å². The SMILES string of the molecule is C[C@H]1CCC2C(OC(=O)C23CC(c2ccc(O)cc2O)=NO3)[C@]2(C)C(=O)C=C[C@@]12O. The lowest BCUT2D eigenvalue weighted by Crippen LogP contribution is -2.57. The maximum Gasteiger partial charge on any atom is 0.354 e. The van der Waals surface area contributed by atoms with E-state index in [1.165, 1.54) is 30.4 Å². The van der Waals surface area contributed by atoms with Gasteiger partial charge in [-0.05, 0) is 50.0 Å². The molecule has 4 aliphatic rings. The average molecular weight is 413 g/mol. The van der Waals surface area contributed by atoms with Gasteiger partial charge < -0.3 is 24.9 Å². The second-order valence-corrected chi connectivity index (χ2v) is 9.03. The summed E-state index contributed by atoms with van der Waals surface area (Å²) in [7, 11) is 0. The third kappa shape index (κ3) is 2.12. The van der Waals surface area contributed by atoms with E-state index in [4.69, 9.17) is 9.57 Å². The van der Waals surface area contributed by atoms with Crippen molar-refractivity contribution < 1.29 is 34.5 Å². The van der Waals surface area contributed by atoms with Crippen LogP contribution in [-0.4, -0.2) is 50.1 Å². The molecule has 5 rings (SSSR count). The fraction of sp³-hybridized carbons (Fsp3) is 0.500. The van der Waals surface area contributed by atoms with E-state index < -0.39 is 34.6 Å². The van der Waals surface area contributed by atoms with Gasteiger partial charge in [0.1, 0.15) is 28.6 Å². The second-order valence-electron chi connectivity index (χ2n) is 9.03. The molecule has 8 heteroatoms. The number of carbonyl (C=O) groups is 2. The second kappa shape index (κ2) is 5.85. The quantitative estimate of drug-likeness (QED) is 0.600. The molecule has 2 fully saturated rings. The maximum atomic E-state index is 13.1. The van der Waals surface area contributed by atoms with E-state index in [0.717, 1.165) is 0 Å². The molecule has 0 radical (unpaired) electrons. The predicted octanol–water partition coefficient (Wildman–Crippen LogP) is 1.81. The first-order chi connectivity index (χ1) is 14.1. The van der Waals surface area contributed by atoms with Gasteiger partial charge in [0.2, 0.25) is 5.60 Å². The lowest BCUT2D eigenvalue weighted by molar-refractivity contribution is -0.169. The van der Waals surface area contributed by atoms with Crippen molar-refractivity contribution in [1.29, 1.82) is 0 Å². The molecule has 30 heavy (non-hydrogen) atoms. The molecule has 2 heterocycles. The van der Waals surface area contributed by atoms with Crippen LogP contribution in [0.15, 0.2) is 35.5 Å². The number of rotatable bonds is 1. The number of oxime groups is 1. The summed E-state index contributed by atoms with van der Waals surface area (Å²) in [6.07, 6.45) is 3.21. The molecule has 0 amide bonds. The lowest BCUT2D eigenvalue weighted by Gasteiger charge is -2.43. The van der Waals surface area contributed by atoms with Crippen LogP contribution in [0.25, 0.3) is 0 Å². The first-order valence-corrected chi connectivity index (χ1v) is 10.1. The molecule has 1 aromatic rings. The molecule has 3 unspecified atom stereocenters. The van der Waals surface area contributed by atoms with Crippen molar-refractivity contribution in [2.24, 2.45) is 22.4 Å². The number of ketones is 1. The fourth-order valence-corrected chi connectivity index (χ4v) is 5.70. The third-order valence-corrected chi connectivity index (χ3v) is 7.65. The van der Waals surface area contributed by atoms with Crippen LogP contribution in [0.4, 0.5) is 0 Å². The summed E-state index contributed by atoms with van der Waals surface area (Å²) in [4.78, 5) is 31.7. The van der Waals surface area contributed by atoms with Crippen molar-refractivity contribution in [3.63, 3.8) is 0 Å². The Bertz CT molecular complexity index is 1030. The molecule has 0 aromatic heterocycles. The van der Waals surface area contributed by atoms with Crippen LogP contribution in [0.2, 0.25) is 0 Å². The number of ether oxygens (including phenoxy) is 1. The van der Waals surface area contributed by atoms with Gasteiger partial charge in [0, 0.05) is 18.1 Å². The topological polar surface area (TPSA) is 126 Å². The smallest absolute Gasteiger partial charge is 0.354 e. The van der Waals surface area contributed by atoms with E-state index in [1.807, 2.05) is 6.92 Å². The minimum Gasteiger partial charge on any atom is -0.508 e. The standard InChI is InChI=1S/C22H23NO7/c1-11-3-6-14-18(20(2)17(26)7-8-22(11,20)28)29-19(27)21(14)10-15(23-30-21)13-5-4-12(24)9-16(13)25/h4-5,7-9,11,14,18,24-25,28H,3,6,10H2,1-2H3/t11-,14?,18?,20-,21?,22+/m0/s1. The van der Waals surface area contributed by atoms with Crippen molar-refractivity contribution >= 4 is 17.5 Å². The molecule has 6 atom stereocenters. The van der Waals surface area contributed by atoms with E-state index in [9.17, 15) is 24.9 Å². The molecule has 158 valence electrons. The molecule has 1 aromatic carbocycles. The van der Waals surface area contributed by atoms with E-state index >= 15 is 0 Å². The number of fused-ring (bicyclic) bond motifs is 4. The first-order valence-electron chi connectivity index (χ1n) is 10.1. The van der Waals surface area contributed by atoms with Gasteiger partial charge in [0.15, 0.2) is 5.78 Å². The van der Waals surface area contributed by atoms with Crippen LogP contribution in [0, 0.1) is 17.3 Å². The van der Waals surface area contributed by atoms with Gasteiger partial charge in [-0.3, -0.25) is 4.79 Å². The Morgan fingerprint density at radius 2 is 1.97 bits per heavy atom. The molecule has 3 N–H and O–H groups in total. The van der Waals surface area contributed by atoms with Crippen LogP contribution < -0.4 is 0 Å². The summed E-state index contributed by atoms with van der Waals surface area (Å²) in [5, 5.41) is 35.2. The number of allylic oxidation sites excluding steroid dienone is 1. The summed E-state index contributed by atoms with van der Waals surface area (Å²) in [6.45, 7) is 3.55. The Balaban J connectivity index is 1.54. The number of carbonyl (C=O) groups excluding carboxylic acids is 2. The lowest BCUT2D eigenvalue weighted by atomic mass is 9.63. The summed E-state index contributed by atoms with van der Waals surface area (Å²) in [5.41, 5.74) is -3.42. The molecule has 1 saturated carbocycles. The van der Waals surface area contributed by atoms with Gasteiger partial charge in [0.25, 0.3) is 0 Å².